The van der Waals surface area contributed by atoms with Crippen molar-refractivity contribution in [2.75, 3.05) is 6.54 Å². The van der Waals surface area contributed by atoms with Crippen LogP contribution in [0.5, 0.6) is 0 Å². The molecule has 2 N–H and O–H groups in total. The lowest BCUT2D eigenvalue weighted by molar-refractivity contribution is 0.131. The maximum atomic E-state index is 9.13. The number of rotatable bonds is 6. The molecule has 0 spiro atoms. The van der Waals surface area contributed by atoms with E-state index in [1.54, 1.807) is 0 Å². The second-order valence-electron chi connectivity index (χ2n) is 3.18. The Balaban J connectivity index is 3.13. The van der Waals surface area contributed by atoms with E-state index in [-0.39, 0.29) is 6.23 Å². The Labute approximate surface area is 70.0 Å². The third-order valence-electron chi connectivity index (χ3n) is 2.10. The average Bonchev–Trinajstić information content (AvgIpc) is 2.04. The second-order valence-corrected chi connectivity index (χ2v) is 3.18. The highest BCUT2D eigenvalue weighted by Gasteiger charge is 2.00. The Bertz CT molecular complexity index is 75.6. The van der Waals surface area contributed by atoms with E-state index in [0.717, 1.165) is 25.3 Å². The van der Waals surface area contributed by atoms with E-state index in [4.69, 9.17) is 5.11 Å². The summed E-state index contributed by atoms with van der Waals surface area (Å²) in [5, 5.41) is 12.2. The summed E-state index contributed by atoms with van der Waals surface area (Å²) in [7, 11) is 0. The predicted molar refractivity (Wildman–Crippen MR) is 48.4 cm³/mol. The highest BCUT2D eigenvalue weighted by Crippen LogP contribution is 2.04. The molecule has 2 atom stereocenters. The number of nitrogens with one attached hydrogen (secondary N) is 1. The maximum absolute atomic E-state index is 9.13. The minimum atomic E-state index is -0.306. The van der Waals surface area contributed by atoms with Gasteiger partial charge in [-0.15, -0.1) is 0 Å². The van der Waals surface area contributed by atoms with Crippen molar-refractivity contribution < 1.29 is 5.11 Å². The summed E-state index contributed by atoms with van der Waals surface area (Å²) in [6.45, 7) is 7.34. The zero-order valence-corrected chi connectivity index (χ0v) is 7.93. The lowest BCUT2D eigenvalue weighted by atomic mass is 10.1. The molecule has 0 heterocycles. The molecule has 68 valence electrons. The van der Waals surface area contributed by atoms with Gasteiger partial charge in [-0.05, 0) is 25.3 Å². The second kappa shape index (κ2) is 6.62. The van der Waals surface area contributed by atoms with E-state index in [1.807, 2.05) is 6.92 Å². The maximum Gasteiger partial charge on any atom is 0.104 e. The van der Waals surface area contributed by atoms with E-state index in [9.17, 15) is 0 Å². The van der Waals surface area contributed by atoms with Crippen molar-refractivity contribution in [3.63, 3.8) is 0 Å². The van der Waals surface area contributed by atoms with Gasteiger partial charge in [0.15, 0.2) is 0 Å². The fourth-order valence-electron chi connectivity index (χ4n) is 0.845. The molecule has 0 radical (unpaired) electrons. The standard InChI is InChI=1S/C9H21NO/c1-4-8(3)6-7-10-9(11)5-2/h8-11H,4-7H2,1-3H3. The largest absolute Gasteiger partial charge is 0.379 e. The molecule has 0 aliphatic heterocycles. The summed E-state index contributed by atoms with van der Waals surface area (Å²) in [5.41, 5.74) is 0. The van der Waals surface area contributed by atoms with Crippen molar-refractivity contribution >= 4 is 0 Å². The molecule has 0 saturated heterocycles. The first-order chi connectivity index (χ1) is 5.20. The molecule has 0 aromatic heterocycles. The molecule has 2 unspecified atom stereocenters. The van der Waals surface area contributed by atoms with Gasteiger partial charge in [-0.1, -0.05) is 27.2 Å². The van der Waals surface area contributed by atoms with Crippen LogP contribution in [0.2, 0.25) is 0 Å². The summed E-state index contributed by atoms with van der Waals surface area (Å²) in [4.78, 5) is 0. The van der Waals surface area contributed by atoms with Crippen LogP contribution in [0.15, 0.2) is 0 Å². The molecule has 0 amide bonds. The summed E-state index contributed by atoms with van der Waals surface area (Å²) in [5.74, 6) is 0.770. The van der Waals surface area contributed by atoms with Crippen molar-refractivity contribution in [1.82, 2.24) is 5.32 Å². The zero-order chi connectivity index (χ0) is 8.69. The number of hydrogen-bond donors (Lipinski definition) is 2. The van der Waals surface area contributed by atoms with Gasteiger partial charge in [-0.2, -0.15) is 0 Å². The SMILES string of the molecule is CCC(C)CCNC(O)CC. The van der Waals surface area contributed by atoms with Crippen molar-refractivity contribution in [3.05, 3.63) is 0 Å². The van der Waals surface area contributed by atoms with Crippen LogP contribution in [0.4, 0.5) is 0 Å². The van der Waals surface area contributed by atoms with Gasteiger partial charge in [-0.3, -0.25) is 5.32 Å². The van der Waals surface area contributed by atoms with E-state index < -0.39 is 0 Å². The zero-order valence-electron chi connectivity index (χ0n) is 7.93. The molecule has 11 heavy (non-hydrogen) atoms. The quantitative estimate of drug-likeness (QED) is 0.579. The smallest absolute Gasteiger partial charge is 0.104 e. The van der Waals surface area contributed by atoms with Crippen molar-refractivity contribution in [1.29, 1.82) is 0 Å². The van der Waals surface area contributed by atoms with E-state index in [2.05, 4.69) is 19.2 Å². The van der Waals surface area contributed by atoms with Crippen LogP contribution in [0.1, 0.15) is 40.0 Å². The van der Waals surface area contributed by atoms with Gasteiger partial charge in [-0.25, -0.2) is 0 Å². The lowest BCUT2D eigenvalue weighted by Crippen LogP contribution is -2.29. The minimum Gasteiger partial charge on any atom is -0.379 e. The molecule has 0 rings (SSSR count). The topological polar surface area (TPSA) is 32.3 Å². The fraction of sp³-hybridized carbons (Fsp3) is 1.00. The Kier molecular flexibility index (Phi) is 6.57. The molecule has 0 fully saturated rings. The summed E-state index contributed by atoms with van der Waals surface area (Å²) in [6, 6.07) is 0. The molecule has 0 aliphatic carbocycles. The highest BCUT2D eigenvalue weighted by atomic mass is 16.3. The molecular weight excluding hydrogens is 138 g/mol. The fourth-order valence-corrected chi connectivity index (χ4v) is 0.845. The van der Waals surface area contributed by atoms with Crippen LogP contribution in [0, 0.1) is 5.92 Å². The molecule has 0 saturated carbocycles. The average molecular weight is 159 g/mol. The van der Waals surface area contributed by atoms with E-state index in [1.165, 1.54) is 6.42 Å². The Morgan fingerprint density at radius 3 is 2.36 bits per heavy atom. The lowest BCUT2D eigenvalue weighted by Gasteiger charge is -2.12. The van der Waals surface area contributed by atoms with Gasteiger partial charge in [0.1, 0.15) is 6.23 Å². The van der Waals surface area contributed by atoms with E-state index in [0.29, 0.717) is 0 Å². The van der Waals surface area contributed by atoms with Crippen LogP contribution >= 0.6 is 0 Å². The highest BCUT2D eigenvalue weighted by molar-refractivity contribution is 4.55. The first-order valence-electron chi connectivity index (χ1n) is 4.62. The first kappa shape index (κ1) is 10.9. The van der Waals surface area contributed by atoms with Gasteiger partial charge in [0.2, 0.25) is 0 Å². The summed E-state index contributed by atoms with van der Waals surface area (Å²) >= 11 is 0. The molecule has 0 aromatic rings. The molecule has 0 aromatic carbocycles. The van der Waals surface area contributed by atoms with Crippen molar-refractivity contribution in [2.45, 2.75) is 46.3 Å². The molecule has 2 heteroatoms. The molecule has 2 nitrogen and oxygen atoms in total. The van der Waals surface area contributed by atoms with Gasteiger partial charge >= 0.3 is 0 Å². The van der Waals surface area contributed by atoms with Crippen LogP contribution < -0.4 is 5.32 Å². The monoisotopic (exact) mass is 159 g/mol. The summed E-state index contributed by atoms with van der Waals surface area (Å²) < 4.78 is 0. The van der Waals surface area contributed by atoms with Crippen LogP contribution in [0.25, 0.3) is 0 Å². The first-order valence-corrected chi connectivity index (χ1v) is 4.62. The summed E-state index contributed by atoms with van der Waals surface area (Å²) in [6.07, 6.45) is 2.87. The van der Waals surface area contributed by atoms with Crippen molar-refractivity contribution in [3.8, 4) is 0 Å². The Morgan fingerprint density at radius 1 is 1.27 bits per heavy atom. The third-order valence-corrected chi connectivity index (χ3v) is 2.10. The minimum absolute atomic E-state index is 0.306. The molecule has 0 aliphatic rings. The van der Waals surface area contributed by atoms with E-state index >= 15 is 0 Å². The van der Waals surface area contributed by atoms with Gasteiger partial charge < -0.3 is 5.11 Å². The van der Waals surface area contributed by atoms with Gasteiger partial charge in [0.25, 0.3) is 0 Å². The third kappa shape index (κ3) is 6.32. The number of hydrogen-bond acceptors (Lipinski definition) is 2. The predicted octanol–water partition coefficient (Wildman–Crippen LogP) is 1.74. The number of aliphatic hydroxyl groups excluding tert-OH is 1. The Hall–Kier alpha value is -0.0800. The van der Waals surface area contributed by atoms with Crippen molar-refractivity contribution in [2.24, 2.45) is 5.92 Å². The van der Waals surface area contributed by atoms with Crippen LogP contribution in [0.3, 0.4) is 0 Å². The Morgan fingerprint density at radius 2 is 1.91 bits per heavy atom. The van der Waals surface area contributed by atoms with Gasteiger partial charge in [0, 0.05) is 0 Å². The number of aliphatic hydroxyl groups is 1. The van der Waals surface area contributed by atoms with Gasteiger partial charge in [0.05, 0.1) is 0 Å². The van der Waals surface area contributed by atoms with Crippen LogP contribution in [-0.2, 0) is 0 Å². The molecule has 0 bridgehead atoms. The normalized spacial score (nSPS) is 16.4. The molecular formula is C9H21NO. The van der Waals surface area contributed by atoms with Crippen LogP contribution in [-0.4, -0.2) is 17.9 Å².